The molecule has 0 amide bonds. The van der Waals surface area contributed by atoms with Gasteiger partial charge in [0.25, 0.3) is 0 Å². The van der Waals surface area contributed by atoms with Crippen LogP contribution in [0.15, 0.2) is 0 Å². The largest absolute Gasteiger partial charge is 0.462 e. The van der Waals surface area contributed by atoms with Crippen LogP contribution in [0.1, 0.15) is 85.5 Å². The lowest BCUT2D eigenvalue weighted by Crippen LogP contribution is -2.55. The van der Waals surface area contributed by atoms with E-state index in [2.05, 4.69) is 13.8 Å². The fourth-order valence-electron chi connectivity index (χ4n) is 8.09. The molecule has 4 fully saturated rings. The van der Waals surface area contributed by atoms with E-state index >= 15 is 0 Å². The second kappa shape index (κ2) is 8.33. The van der Waals surface area contributed by atoms with E-state index in [9.17, 15) is 19.8 Å². The van der Waals surface area contributed by atoms with Gasteiger partial charge in [-0.2, -0.15) is 0 Å². The molecule has 1 heterocycles. The molecule has 3 aliphatic carbocycles. The highest BCUT2D eigenvalue weighted by atomic mass is 16.5. The number of carbonyl (C=O) groups excluding carboxylic acids is 2. The highest BCUT2D eigenvalue weighted by molar-refractivity contribution is 5.71. The molecule has 0 spiro atoms. The van der Waals surface area contributed by atoms with Gasteiger partial charge in [-0.05, 0) is 68.6 Å². The molecule has 4 aliphatic rings. The standard InChI is InChI=1S/C25H40O6/c1-5-6-22(28)30-14(2)16-7-8-17-15-11-23(29)31-21-12-19(26)20(27)13-25(21,4)18(15)9-10-24(16,17)3/h14-21,26-27H,5-13H2,1-4H3/t14-,15+,16-,17+,18+,19+,20-,21+,24-,25-/m1/s1. The fraction of sp³-hybridized carbons (Fsp3) is 0.920. The van der Waals surface area contributed by atoms with Gasteiger partial charge < -0.3 is 19.7 Å². The summed E-state index contributed by atoms with van der Waals surface area (Å²) in [6.07, 6.45) is 4.51. The number of fused-ring (bicyclic) bond motifs is 5. The Morgan fingerprint density at radius 1 is 1.16 bits per heavy atom. The maximum absolute atomic E-state index is 12.8. The van der Waals surface area contributed by atoms with Crippen LogP contribution in [0.4, 0.5) is 0 Å². The Hall–Kier alpha value is -1.14. The Morgan fingerprint density at radius 2 is 1.87 bits per heavy atom. The number of aliphatic hydroxyl groups is 2. The van der Waals surface area contributed by atoms with Gasteiger partial charge in [-0.3, -0.25) is 9.59 Å². The number of ether oxygens (including phenoxy) is 2. The van der Waals surface area contributed by atoms with E-state index in [4.69, 9.17) is 9.47 Å². The molecule has 4 rings (SSSR count). The lowest BCUT2D eigenvalue weighted by molar-refractivity contribution is -0.175. The molecule has 0 radical (unpaired) electrons. The average Bonchev–Trinajstić information content (AvgIpc) is 2.99. The first-order valence-corrected chi connectivity index (χ1v) is 12.3. The molecule has 0 bridgehead atoms. The zero-order valence-corrected chi connectivity index (χ0v) is 19.5. The molecule has 1 aliphatic heterocycles. The van der Waals surface area contributed by atoms with Crippen molar-refractivity contribution in [2.45, 2.75) is 110 Å². The quantitative estimate of drug-likeness (QED) is 0.654. The topological polar surface area (TPSA) is 93.1 Å². The minimum atomic E-state index is -0.828. The van der Waals surface area contributed by atoms with Crippen molar-refractivity contribution in [1.82, 2.24) is 0 Å². The first-order valence-electron chi connectivity index (χ1n) is 12.3. The van der Waals surface area contributed by atoms with Crippen LogP contribution >= 0.6 is 0 Å². The molecule has 1 saturated heterocycles. The second-order valence-corrected chi connectivity index (χ2v) is 11.3. The number of aliphatic hydroxyl groups excluding tert-OH is 2. The molecule has 176 valence electrons. The minimum Gasteiger partial charge on any atom is -0.462 e. The van der Waals surface area contributed by atoms with Crippen molar-refractivity contribution in [3.63, 3.8) is 0 Å². The van der Waals surface area contributed by atoms with Crippen LogP contribution in [0, 0.1) is 34.5 Å². The molecule has 2 N–H and O–H groups in total. The Bertz CT molecular complexity index is 708. The number of esters is 2. The fourth-order valence-corrected chi connectivity index (χ4v) is 8.09. The van der Waals surface area contributed by atoms with Crippen LogP contribution in [0.5, 0.6) is 0 Å². The predicted molar refractivity (Wildman–Crippen MR) is 115 cm³/mol. The average molecular weight is 437 g/mol. The number of hydrogen-bond acceptors (Lipinski definition) is 6. The number of hydrogen-bond donors (Lipinski definition) is 2. The maximum Gasteiger partial charge on any atom is 0.306 e. The van der Waals surface area contributed by atoms with E-state index in [1.165, 1.54) is 0 Å². The van der Waals surface area contributed by atoms with Gasteiger partial charge in [0.2, 0.25) is 0 Å². The summed E-state index contributed by atoms with van der Waals surface area (Å²) in [4.78, 5) is 24.9. The van der Waals surface area contributed by atoms with Gasteiger partial charge in [-0.25, -0.2) is 0 Å². The summed E-state index contributed by atoms with van der Waals surface area (Å²) in [5, 5.41) is 20.7. The molecule has 6 nitrogen and oxygen atoms in total. The number of carbonyl (C=O) groups is 2. The van der Waals surface area contributed by atoms with E-state index in [1.807, 2.05) is 13.8 Å². The molecule has 0 aromatic heterocycles. The highest BCUT2D eigenvalue weighted by Gasteiger charge is 2.62. The third-order valence-electron chi connectivity index (χ3n) is 9.66. The normalized spacial score (nSPS) is 47.9. The predicted octanol–water partition coefficient (Wildman–Crippen LogP) is 3.61. The van der Waals surface area contributed by atoms with Crippen LogP contribution in [0.2, 0.25) is 0 Å². The van der Waals surface area contributed by atoms with Crippen molar-refractivity contribution in [3.05, 3.63) is 0 Å². The summed E-state index contributed by atoms with van der Waals surface area (Å²) >= 11 is 0. The van der Waals surface area contributed by atoms with Gasteiger partial charge in [0, 0.05) is 30.6 Å². The first-order chi connectivity index (χ1) is 14.6. The Labute approximate surface area is 186 Å². The SMILES string of the molecule is CCCC(=O)O[C@H](C)[C@H]1CC[C@H]2[C@@H]3CC(=O)O[C@H]4C[C@H](O)[C@H](O)C[C@]4(C)[C@H]3CC[C@]12C. The summed E-state index contributed by atoms with van der Waals surface area (Å²) in [5.41, 5.74) is -0.273. The third-order valence-corrected chi connectivity index (χ3v) is 9.66. The molecule has 6 heteroatoms. The zero-order valence-electron chi connectivity index (χ0n) is 19.5. The van der Waals surface area contributed by atoms with Gasteiger partial charge in [0.1, 0.15) is 12.2 Å². The summed E-state index contributed by atoms with van der Waals surface area (Å²) in [7, 11) is 0. The van der Waals surface area contributed by atoms with Crippen molar-refractivity contribution in [2.24, 2.45) is 34.5 Å². The van der Waals surface area contributed by atoms with Crippen molar-refractivity contribution < 1.29 is 29.3 Å². The maximum atomic E-state index is 12.8. The van der Waals surface area contributed by atoms with Crippen molar-refractivity contribution >= 4 is 11.9 Å². The summed E-state index contributed by atoms with van der Waals surface area (Å²) in [6, 6.07) is 0. The lowest BCUT2D eigenvalue weighted by atomic mass is 9.49. The van der Waals surface area contributed by atoms with Gasteiger partial charge in [-0.1, -0.05) is 20.8 Å². The third kappa shape index (κ3) is 3.82. The Kier molecular flexibility index (Phi) is 6.19. The molecular weight excluding hydrogens is 396 g/mol. The molecular formula is C25H40O6. The van der Waals surface area contributed by atoms with Crippen molar-refractivity contribution in [3.8, 4) is 0 Å². The van der Waals surface area contributed by atoms with Crippen LogP contribution in [0.25, 0.3) is 0 Å². The Morgan fingerprint density at radius 3 is 2.58 bits per heavy atom. The van der Waals surface area contributed by atoms with Crippen LogP contribution in [-0.2, 0) is 19.1 Å². The summed E-state index contributed by atoms with van der Waals surface area (Å²) < 4.78 is 11.7. The van der Waals surface area contributed by atoms with E-state index in [-0.39, 0.29) is 40.9 Å². The minimum absolute atomic E-state index is 0.0380. The van der Waals surface area contributed by atoms with Crippen molar-refractivity contribution in [2.75, 3.05) is 0 Å². The van der Waals surface area contributed by atoms with Crippen LogP contribution in [-0.4, -0.2) is 46.6 Å². The molecule has 10 atom stereocenters. The van der Waals surface area contributed by atoms with Gasteiger partial charge in [0.15, 0.2) is 0 Å². The van der Waals surface area contributed by atoms with Crippen LogP contribution in [0.3, 0.4) is 0 Å². The molecule has 0 aromatic rings. The van der Waals surface area contributed by atoms with Gasteiger partial charge >= 0.3 is 11.9 Å². The second-order valence-electron chi connectivity index (χ2n) is 11.3. The van der Waals surface area contributed by atoms with Gasteiger partial charge in [0.05, 0.1) is 12.2 Å². The van der Waals surface area contributed by atoms with Crippen LogP contribution < -0.4 is 0 Å². The van der Waals surface area contributed by atoms with Gasteiger partial charge in [-0.15, -0.1) is 0 Å². The summed E-state index contributed by atoms with van der Waals surface area (Å²) in [6.45, 7) is 8.52. The van der Waals surface area contributed by atoms with E-state index in [0.717, 1.165) is 32.1 Å². The molecule has 31 heavy (non-hydrogen) atoms. The molecule has 0 unspecified atom stereocenters. The molecule has 0 aromatic carbocycles. The first kappa shape index (κ1) is 23.0. The van der Waals surface area contributed by atoms with E-state index < -0.39 is 12.2 Å². The van der Waals surface area contributed by atoms with Crippen molar-refractivity contribution in [1.29, 1.82) is 0 Å². The summed E-state index contributed by atoms with van der Waals surface area (Å²) in [5.74, 6) is 0.922. The Balaban J connectivity index is 1.58. The van der Waals surface area contributed by atoms with E-state index in [0.29, 0.717) is 43.4 Å². The van der Waals surface area contributed by atoms with E-state index in [1.54, 1.807) is 0 Å². The number of rotatable bonds is 4. The highest BCUT2D eigenvalue weighted by Crippen LogP contribution is 2.65. The zero-order chi connectivity index (χ0) is 22.6. The smallest absolute Gasteiger partial charge is 0.306 e. The lowest BCUT2D eigenvalue weighted by Gasteiger charge is -2.55. The molecule has 3 saturated carbocycles. The monoisotopic (exact) mass is 436 g/mol.